The van der Waals surface area contributed by atoms with Crippen molar-refractivity contribution in [1.29, 1.82) is 0 Å². The summed E-state index contributed by atoms with van der Waals surface area (Å²) < 4.78 is 7.08. The molecule has 0 bridgehead atoms. The number of nitrogens with one attached hydrogen (secondary N) is 3. The number of unbranched alkanes of at least 4 members (excludes halogenated alkanes) is 1. The third-order valence-corrected chi connectivity index (χ3v) is 9.04. The molecule has 0 atom stereocenters. The van der Waals surface area contributed by atoms with Crippen LogP contribution in [-0.2, 0) is 26.2 Å². The van der Waals surface area contributed by atoms with Gasteiger partial charge < -0.3 is 25.9 Å². The lowest BCUT2D eigenvalue weighted by atomic mass is 10.2. The number of primary amides is 1. The van der Waals surface area contributed by atoms with Gasteiger partial charge in [0.05, 0.1) is 33.5 Å². The minimum Gasteiger partial charge on any atom is -0.366 e. The van der Waals surface area contributed by atoms with Gasteiger partial charge in [0.25, 0.3) is 17.7 Å². The zero-order valence-electron chi connectivity index (χ0n) is 30.8. The van der Waals surface area contributed by atoms with Crippen molar-refractivity contribution >= 4 is 57.6 Å². The number of aryl methyl sites for hydroxylation is 6. The van der Waals surface area contributed by atoms with Gasteiger partial charge in [-0.1, -0.05) is 0 Å². The number of aromatic nitrogens is 8. The van der Waals surface area contributed by atoms with Gasteiger partial charge in [-0.05, 0) is 102 Å². The van der Waals surface area contributed by atoms with Gasteiger partial charge in [-0.2, -0.15) is 10.2 Å². The van der Waals surface area contributed by atoms with E-state index in [9.17, 15) is 19.2 Å². The maximum atomic E-state index is 13.5. The number of hydrogen-bond acceptors (Lipinski definition) is 9. The van der Waals surface area contributed by atoms with Crippen molar-refractivity contribution < 1.29 is 19.2 Å². The van der Waals surface area contributed by atoms with E-state index in [1.165, 1.54) is 0 Å². The molecule has 0 radical (unpaired) electrons. The van der Waals surface area contributed by atoms with Crippen molar-refractivity contribution in [2.75, 3.05) is 23.7 Å². The third kappa shape index (κ3) is 7.85. The maximum Gasteiger partial charge on any atom is 0.276 e. The number of carbonyl (C=O) groups excluding carboxylic acids is 4. The van der Waals surface area contributed by atoms with Crippen LogP contribution in [0, 0.1) is 13.8 Å². The number of nitrogens with two attached hydrogens (primary N) is 2. The smallest absolute Gasteiger partial charge is 0.276 e. The molecule has 2 aromatic carbocycles. The summed E-state index contributed by atoms with van der Waals surface area (Å²) in [6.07, 6.45) is 1.93. The summed E-state index contributed by atoms with van der Waals surface area (Å²) in [6.45, 7) is 10.4. The fourth-order valence-corrected chi connectivity index (χ4v) is 6.41. The summed E-state index contributed by atoms with van der Waals surface area (Å²) in [4.78, 5) is 61.2. The lowest BCUT2D eigenvalue weighted by Crippen LogP contribution is -2.25. The largest absolute Gasteiger partial charge is 0.366 e. The first-order chi connectivity index (χ1) is 26.0. The average molecular weight is 736 g/mol. The van der Waals surface area contributed by atoms with Crippen LogP contribution in [0.25, 0.3) is 22.1 Å². The van der Waals surface area contributed by atoms with Crippen LogP contribution in [0.5, 0.6) is 0 Å². The molecule has 282 valence electrons. The Kier molecular flexibility index (Phi) is 11.2. The molecular formula is C37H45N13O4. The Morgan fingerprint density at radius 3 is 1.61 bits per heavy atom. The highest BCUT2D eigenvalue weighted by Crippen LogP contribution is 2.25. The minimum atomic E-state index is -0.580. The van der Waals surface area contributed by atoms with Crippen LogP contribution >= 0.6 is 0 Å². The Morgan fingerprint density at radius 1 is 0.667 bits per heavy atom. The van der Waals surface area contributed by atoms with E-state index in [1.807, 2.05) is 42.9 Å². The molecule has 17 heteroatoms. The molecule has 0 fully saturated rings. The quantitative estimate of drug-likeness (QED) is 0.0914. The van der Waals surface area contributed by atoms with Gasteiger partial charge in [-0.3, -0.25) is 39.2 Å². The van der Waals surface area contributed by atoms with Crippen LogP contribution in [0.15, 0.2) is 48.5 Å². The van der Waals surface area contributed by atoms with Gasteiger partial charge in [0.15, 0.2) is 0 Å². The Labute approximate surface area is 311 Å². The van der Waals surface area contributed by atoms with Gasteiger partial charge in [0.2, 0.25) is 17.8 Å². The number of benzene rings is 2. The van der Waals surface area contributed by atoms with Gasteiger partial charge in [-0.25, -0.2) is 9.97 Å². The molecule has 6 aromatic rings. The number of fused-ring (bicyclic) bond motifs is 2. The highest BCUT2D eigenvalue weighted by molar-refractivity contribution is 6.04. The molecule has 4 amide bonds. The van der Waals surface area contributed by atoms with Crippen LogP contribution in [0.3, 0.4) is 0 Å². The zero-order chi connectivity index (χ0) is 38.5. The molecular weight excluding hydrogens is 690 g/mol. The van der Waals surface area contributed by atoms with E-state index in [4.69, 9.17) is 16.5 Å². The molecule has 17 nitrogen and oxygen atoms in total. The highest BCUT2D eigenvalue weighted by atomic mass is 16.2. The van der Waals surface area contributed by atoms with E-state index >= 15 is 0 Å². The number of rotatable bonds is 16. The van der Waals surface area contributed by atoms with E-state index < -0.39 is 5.91 Å². The number of nitrogens with zero attached hydrogens (tertiary/aromatic N) is 8. The Morgan fingerprint density at radius 2 is 1.15 bits per heavy atom. The molecule has 0 aliphatic rings. The van der Waals surface area contributed by atoms with Crippen LogP contribution in [0.4, 0.5) is 11.9 Å². The standard InChI is InChI=1S/C37H45N13O4/c1-5-49-30(18-22(3)45-49)34(53)43-36-41-26-20-24(32(39)51)10-12-28(26)47(36)16-7-8-17-48-29-13-11-25(33(52)40-15-9-14-38)21-27(29)42-37(48)44-35(54)31-19-23(4)46-50(31)6-2/h10-13,18-21H,5-9,14-17,38H2,1-4H3,(H2,39,51)(H,40,52)(H,41,43,53)(H,42,44,54). The molecule has 0 aliphatic carbocycles. The molecule has 4 heterocycles. The Hall–Kier alpha value is -6.36. The number of carbonyl (C=O) groups is 4. The molecule has 7 N–H and O–H groups in total. The van der Waals surface area contributed by atoms with Crippen LogP contribution < -0.4 is 27.4 Å². The lowest BCUT2D eigenvalue weighted by Gasteiger charge is -2.13. The van der Waals surface area contributed by atoms with Crippen molar-refractivity contribution in [1.82, 2.24) is 44.0 Å². The fourth-order valence-electron chi connectivity index (χ4n) is 6.41. The summed E-state index contributed by atoms with van der Waals surface area (Å²) >= 11 is 0. The summed E-state index contributed by atoms with van der Waals surface area (Å²) in [5.41, 5.74) is 16.7. The van der Waals surface area contributed by atoms with Crippen molar-refractivity contribution in [3.63, 3.8) is 0 Å². The number of hydrogen-bond donors (Lipinski definition) is 5. The SMILES string of the molecule is CCn1nc(C)cc1C(=O)Nc1nc2cc(C(N)=O)ccc2n1CCCCn1c(NC(=O)c2cc(C)nn2CC)nc2cc(C(=O)NCCCN)ccc21. The average Bonchev–Trinajstić information content (AvgIpc) is 3.91. The first-order valence-electron chi connectivity index (χ1n) is 18.0. The van der Waals surface area contributed by atoms with Gasteiger partial charge in [0.1, 0.15) is 11.4 Å². The van der Waals surface area contributed by atoms with Gasteiger partial charge in [-0.15, -0.1) is 0 Å². The number of anilines is 2. The highest BCUT2D eigenvalue weighted by Gasteiger charge is 2.21. The van der Waals surface area contributed by atoms with Crippen LogP contribution in [0.2, 0.25) is 0 Å². The molecule has 0 saturated heterocycles. The van der Waals surface area contributed by atoms with E-state index in [1.54, 1.807) is 51.8 Å². The molecule has 54 heavy (non-hydrogen) atoms. The minimum absolute atomic E-state index is 0.236. The number of imidazole rings is 2. The van der Waals surface area contributed by atoms with Crippen molar-refractivity contribution in [3.8, 4) is 0 Å². The predicted octanol–water partition coefficient (Wildman–Crippen LogP) is 3.60. The maximum absolute atomic E-state index is 13.5. The van der Waals surface area contributed by atoms with Crippen LogP contribution in [-0.4, -0.2) is 75.4 Å². The van der Waals surface area contributed by atoms with E-state index in [0.29, 0.717) is 104 Å². The second-order valence-corrected chi connectivity index (χ2v) is 12.9. The summed E-state index contributed by atoms with van der Waals surface area (Å²) in [6, 6.07) is 13.7. The topological polar surface area (TPSA) is 228 Å². The summed E-state index contributed by atoms with van der Waals surface area (Å²) in [5, 5.41) is 17.6. The molecule has 0 aliphatic heterocycles. The van der Waals surface area contributed by atoms with E-state index in [0.717, 1.165) is 22.4 Å². The van der Waals surface area contributed by atoms with Crippen molar-refractivity contribution in [3.05, 3.63) is 82.4 Å². The lowest BCUT2D eigenvalue weighted by molar-refractivity contribution is 0.0951. The molecule has 6 rings (SSSR count). The van der Waals surface area contributed by atoms with Crippen molar-refractivity contribution in [2.45, 2.75) is 73.1 Å². The molecule has 0 saturated carbocycles. The monoisotopic (exact) mass is 735 g/mol. The van der Waals surface area contributed by atoms with Gasteiger partial charge in [0, 0.05) is 43.9 Å². The molecule has 0 unspecified atom stereocenters. The Balaban J connectivity index is 1.27. The zero-order valence-corrected chi connectivity index (χ0v) is 30.8. The number of amides is 4. The first kappa shape index (κ1) is 37.4. The van der Waals surface area contributed by atoms with E-state index in [-0.39, 0.29) is 17.7 Å². The second-order valence-electron chi connectivity index (χ2n) is 12.9. The normalized spacial score (nSPS) is 11.4. The Bertz CT molecular complexity index is 2360. The van der Waals surface area contributed by atoms with Gasteiger partial charge >= 0.3 is 0 Å². The summed E-state index contributed by atoms with van der Waals surface area (Å²) in [5.74, 6) is -0.876. The first-order valence-corrected chi connectivity index (χ1v) is 18.0. The fraction of sp³-hybridized carbons (Fsp3) is 0.351. The third-order valence-electron chi connectivity index (χ3n) is 9.04. The molecule has 0 spiro atoms. The molecule has 4 aromatic heterocycles. The van der Waals surface area contributed by atoms with Crippen LogP contribution in [0.1, 0.15) is 86.2 Å². The predicted molar refractivity (Wildman–Crippen MR) is 204 cm³/mol. The second kappa shape index (κ2) is 16.1. The summed E-state index contributed by atoms with van der Waals surface area (Å²) in [7, 11) is 0. The van der Waals surface area contributed by atoms with Crippen molar-refractivity contribution in [2.24, 2.45) is 11.5 Å². The van der Waals surface area contributed by atoms with E-state index in [2.05, 4.69) is 31.1 Å².